The summed E-state index contributed by atoms with van der Waals surface area (Å²) < 4.78 is 28.1. The molecule has 0 amide bonds. The average Bonchev–Trinajstić information content (AvgIpc) is 3.29. The number of aldehydes is 1. The molecule has 0 spiro atoms. The number of carbonyl (C=O) groups is 1. The Morgan fingerprint density at radius 3 is 2.60 bits per heavy atom. The lowest BCUT2D eigenvalue weighted by molar-refractivity contribution is -0.289. The van der Waals surface area contributed by atoms with Crippen molar-refractivity contribution in [1.82, 2.24) is 14.5 Å². The Bertz CT molecular complexity index is 1330. The van der Waals surface area contributed by atoms with Crippen LogP contribution in [0.5, 0.6) is 0 Å². The maximum absolute atomic E-state index is 14.0. The lowest BCUT2D eigenvalue weighted by atomic mass is 9.87. The minimum atomic E-state index is -0.728. The number of pyridine rings is 1. The molecule has 2 aromatic heterocycles. The van der Waals surface area contributed by atoms with Crippen molar-refractivity contribution in [3.05, 3.63) is 70.4 Å². The number of nitrogens with zero attached hydrogens (tertiary/aromatic N) is 3. The van der Waals surface area contributed by atoms with Gasteiger partial charge >= 0.3 is 0 Å². The number of rotatable bonds is 11. The second kappa shape index (κ2) is 12.4. The van der Waals surface area contributed by atoms with Gasteiger partial charge in [0, 0.05) is 54.6 Å². The number of aliphatic hydroxyl groups excluding tert-OH is 1. The van der Waals surface area contributed by atoms with Crippen LogP contribution in [0.4, 0.5) is 10.2 Å². The van der Waals surface area contributed by atoms with Crippen LogP contribution in [0.2, 0.25) is 5.02 Å². The zero-order chi connectivity index (χ0) is 29.1. The van der Waals surface area contributed by atoms with Gasteiger partial charge in [-0.05, 0) is 70.1 Å². The van der Waals surface area contributed by atoms with Gasteiger partial charge in [0.1, 0.15) is 11.6 Å². The summed E-state index contributed by atoms with van der Waals surface area (Å²) in [7, 11) is 1.94. The number of carbonyl (C=O) groups excluding carboxylic acids is 1. The van der Waals surface area contributed by atoms with Crippen molar-refractivity contribution >= 4 is 23.7 Å². The highest BCUT2D eigenvalue weighted by Crippen LogP contribution is 2.36. The monoisotopic (exact) mass is 572 g/mol. The van der Waals surface area contributed by atoms with Gasteiger partial charge < -0.3 is 29.4 Å². The van der Waals surface area contributed by atoms with Gasteiger partial charge in [0.2, 0.25) is 0 Å². The summed E-state index contributed by atoms with van der Waals surface area (Å²) in [6, 6.07) is 8.31. The SMILES string of the molecule is CC(C)Nc1cc(-c2cc(C=O)n(CC3(CN(C)Cc4cc(F)ccc4CO)COC(C)(C)OC3)c2)c(Cl)cn1. The first-order valence-electron chi connectivity index (χ1n) is 13.3. The largest absolute Gasteiger partial charge is 0.392 e. The summed E-state index contributed by atoms with van der Waals surface area (Å²) >= 11 is 6.53. The molecule has 1 aliphatic heterocycles. The van der Waals surface area contributed by atoms with Gasteiger partial charge in [0.25, 0.3) is 0 Å². The first-order valence-corrected chi connectivity index (χ1v) is 13.7. The van der Waals surface area contributed by atoms with Gasteiger partial charge in [0.05, 0.1) is 30.5 Å². The number of halogens is 2. The first kappa shape index (κ1) is 30.1. The molecule has 0 atom stereocenters. The molecule has 1 aliphatic rings. The molecule has 8 nitrogen and oxygen atoms in total. The van der Waals surface area contributed by atoms with Gasteiger partial charge in [-0.1, -0.05) is 17.7 Å². The number of hydrogen-bond acceptors (Lipinski definition) is 7. The number of hydrogen-bond donors (Lipinski definition) is 2. The Labute approximate surface area is 240 Å². The van der Waals surface area contributed by atoms with Gasteiger partial charge in [0.15, 0.2) is 12.1 Å². The highest BCUT2D eigenvalue weighted by atomic mass is 35.5. The summed E-state index contributed by atoms with van der Waals surface area (Å²) in [5.74, 6) is -0.378. The van der Waals surface area contributed by atoms with Gasteiger partial charge in [-0.25, -0.2) is 9.37 Å². The van der Waals surface area contributed by atoms with Crippen molar-refractivity contribution in [2.75, 3.05) is 32.1 Å². The predicted molar refractivity (Wildman–Crippen MR) is 154 cm³/mol. The Morgan fingerprint density at radius 2 is 1.95 bits per heavy atom. The van der Waals surface area contributed by atoms with Crippen LogP contribution in [0.15, 0.2) is 42.7 Å². The molecule has 1 saturated heterocycles. The smallest absolute Gasteiger partial charge is 0.166 e. The number of nitrogens with one attached hydrogen (secondary N) is 1. The van der Waals surface area contributed by atoms with Crippen molar-refractivity contribution in [2.45, 2.75) is 59.2 Å². The van der Waals surface area contributed by atoms with Crippen LogP contribution in [0.1, 0.15) is 49.3 Å². The summed E-state index contributed by atoms with van der Waals surface area (Å²) in [5, 5.41) is 13.5. The van der Waals surface area contributed by atoms with Crippen molar-refractivity contribution in [2.24, 2.45) is 5.41 Å². The quantitative estimate of drug-likeness (QED) is 0.299. The van der Waals surface area contributed by atoms with Crippen LogP contribution in [0.25, 0.3) is 11.1 Å². The third-order valence-corrected chi connectivity index (χ3v) is 7.30. The van der Waals surface area contributed by atoms with E-state index >= 15 is 0 Å². The Morgan fingerprint density at radius 1 is 1.23 bits per heavy atom. The fourth-order valence-corrected chi connectivity index (χ4v) is 5.30. The molecule has 0 radical (unpaired) electrons. The van der Waals surface area contributed by atoms with E-state index in [1.165, 1.54) is 12.1 Å². The van der Waals surface area contributed by atoms with Crippen LogP contribution in [0.3, 0.4) is 0 Å². The van der Waals surface area contributed by atoms with E-state index < -0.39 is 11.2 Å². The summed E-state index contributed by atoms with van der Waals surface area (Å²) in [6.45, 7) is 9.83. The zero-order valence-corrected chi connectivity index (χ0v) is 24.5. The molecule has 3 aromatic rings. The molecule has 10 heteroatoms. The Hall–Kier alpha value is -2.82. The number of ether oxygens (including phenoxy) is 2. The van der Waals surface area contributed by atoms with Gasteiger partial charge in [-0.15, -0.1) is 0 Å². The van der Waals surface area contributed by atoms with E-state index in [0.717, 1.165) is 17.4 Å². The molecule has 0 aliphatic carbocycles. The highest BCUT2D eigenvalue weighted by molar-refractivity contribution is 6.33. The van der Waals surface area contributed by atoms with E-state index in [2.05, 4.69) is 15.2 Å². The fraction of sp³-hybridized carbons (Fsp3) is 0.467. The minimum absolute atomic E-state index is 0.171. The lowest BCUT2D eigenvalue weighted by Gasteiger charge is -2.45. The molecular weight excluding hydrogens is 535 g/mol. The van der Waals surface area contributed by atoms with E-state index in [0.29, 0.717) is 60.5 Å². The van der Waals surface area contributed by atoms with E-state index in [-0.39, 0.29) is 18.5 Å². The molecule has 3 heterocycles. The van der Waals surface area contributed by atoms with Crippen molar-refractivity contribution in [3.8, 4) is 11.1 Å². The molecule has 0 bridgehead atoms. The summed E-state index contributed by atoms with van der Waals surface area (Å²) in [4.78, 5) is 18.6. The highest BCUT2D eigenvalue weighted by Gasteiger charge is 2.41. The second-order valence-corrected chi connectivity index (χ2v) is 11.9. The maximum Gasteiger partial charge on any atom is 0.166 e. The molecule has 2 N–H and O–H groups in total. The molecule has 1 aromatic carbocycles. The summed E-state index contributed by atoms with van der Waals surface area (Å²) in [5.41, 5.74) is 2.95. The molecular formula is C30H38ClFN4O4. The van der Waals surface area contributed by atoms with Crippen molar-refractivity contribution < 1.29 is 23.8 Å². The number of aromatic nitrogens is 2. The zero-order valence-electron chi connectivity index (χ0n) is 23.7. The third kappa shape index (κ3) is 7.27. The number of aliphatic hydroxyl groups is 1. The van der Waals surface area contributed by atoms with Crippen LogP contribution >= 0.6 is 11.6 Å². The normalized spacial score (nSPS) is 16.4. The average molecular weight is 573 g/mol. The van der Waals surface area contributed by atoms with Crippen LogP contribution in [-0.2, 0) is 29.2 Å². The maximum atomic E-state index is 14.0. The minimum Gasteiger partial charge on any atom is -0.392 e. The second-order valence-electron chi connectivity index (χ2n) is 11.5. The standard InChI is InChI=1S/C30H38ClFN4O4/c1-20(2)34-28-10-26(27(31)11-33-28)23-9-25(15-38)36(13-23)17-30(18-39-29(3,4)40-19-30)16-35(5)12-22-8-24(32)7-6-21(22)14-37/h6-11,13,15,20,37H,12,14,16-19H2,1-5H3,(H,33,34). The van der Waals surface area contributed by atoms with E-state index in [4.69, 9.17) is 21.1 Å². The first-order chi connectivity index (χ1) is 18.9. The molecule has 216 valence electrons. The van der Waals surface area contributed by atoms with Crippen LogP contribution < -0.4 is 5.32 Å². The molecule has 40 heavy (non-hydrogen) atoms. The Kier molecular flexibility index (Phi) is 9.32. The van der Waals surface area contributed by atoms with Crippen LogP contribution in [0, 0.1) is 11.2 Å². The van der Waals surface area contributed by atoms with E-state index in [9.17, 15) is 14.3 Å². The van der Waals surface area contributed by atoms with E-state index in [1.54, 1.807) is 12.3 Å². The van der Waals surface area contributed by atoms with Crippen molar-refractivity contribution in [1.29, 1.82) is 0 Å². The van der Waals surface area contributed by atoms with Crippen molar-refractivity contribution in [3.63, 3.8) is 0 Å². The molecule has 0 unspecified atom stereocenters. The lowest BCUT2D eigenvalue weighted by Crippen LogP contribution is -2.53. The Balaban J connectivity index is 1.63. The third-order valence-electron chi connectivity index (χ3n) is 7.00. The predicted octanol–water partition coefficient (Wildman–Crippen LogP) is 5.37. The molecule has 0 saturated carbocycles. The van der Waals surface area contributed by atoms with Gasteiger partial charge in [-0.2, -0.15) is 0 Å². The summed E-state index contributed by atoms with van der Waals surface area (Å²) in [6.07, 6.45) is 4.36. The topological polar surface area (TPSA) is 88.9 Å². The van der Waals surface area contributed by atoms with Gasteiger partial charge in [-0.3, -0.25) is 4.79 Å². The number of anilines is 1. The van der Waals surface area contributed by atoms with E-state index in [1.807, 2.05) is 57.6 Å². The number of benzene rings is 1. The molecule has 1 fully saturated rings. The molecule has 4 rings (SSSR count). The van der Waals surface area contributed by atoms with Crippen LogP contribution in [-0.4, -0.2) is 64.5 Å². The fourth-order valence-electron chi connectivity index (χ4n) is 5.09.